The zero-order valence-electron chi connectivity index (χ0n) is 28.2. The van der Waals surface area contributed by atoms with Crippen LogP contribution in [0.25, 0.3) is 0 Å². The Morgan fingerprint density at radius 2 is 1.63 bits per heavy atom. The number of cyclic esters (lactones) is 2. The van der Waals surface area contributed by atoms with Gasteiger partial charge in [0, 0.05) is 19.4 Å². The Morgan fingerprint density at radius 1 is 0.980 bits per heavy atom. The van der Waals surface area contributed by atoms with Gasteiger partial charge in [-0.1, -0.05) is 74.5 Å². The molecule has 0 saturated carbocycles. The number of carbonyl (C=O) groups excluding carboxylic acids is 5. The van der Waals surface area contributed by atoms with Gasteiger partial charge in [0.15, 0.2) is 29.2 Å². The molecule has 5 atom stereocenters. The predicted octanol–water partition coefficient (Wildman–Crippen LogP) is 3.57. The van der Waals surface area contributed by atoms with E-state index < -0.39 is 77.8 Å². The number of ether oxygens (including phenoxy) is 6. The van der Waals surface area contributed by atoms with Crippen molar-refractivity contribution in [3.8, 4) is 11.5 Å². The van der Waals surface area contributed by atoms with Gasteiger partial charge in [0.25, 0.3) is 5.91 Å². The Bertz CT molecular complexity index is 1650. The highest BCUT2D eigenvalue weighted by Crippen LogP contribution is 2.34. The summed E-state index contributed by atoms with van der Waals surface area (Å²) in [6.45, 7) is 5.67. The first-order valence-corrected chi connectivity index (χ1v) is 15.7. The number of hydrogen-bond acceptors (Lipinski definition) is 12. The van der Waals surface area contributed by atoms with Crippen molar-refractivity contribution in [2.75, 3.05) is 20.8 Å². The molecular weight excluding hydrogens is 636 g/mol. The zero-order valence-corrected chi connectivity index (χ0v) is 28.2. The minimum Gasteiger partial charge on any atom is -0.493 e. The molecule has 1 amide bonds. The molecule has 1 aliphatic heterocycles. The van der Waals surface area contributed by atoms with E-state index in [1.54, 1.807) is 56.3 Å². The van der Waals surface area contributed by atoms with Gasteiger partial charge in [-0.3, -0.25) is 14.4 Å². The normalized spacial score (nSPS) is 20.7. The highest BCUT2D eigenvalue weighted by atomic mass is 16.6. The van der Waals surface area contributed by atoms with Crippen molar-refractivity contribution < 1.29 is 52.4 Å². The van der Waals surface area contributed by atoms with Crippen molar-refractivity contribution in [2.45, 2.75) is 58.0 Å². The second-order valence-electron chi connectivity index (χ2n) is 11.8. The van der Waals surface area contributed by atoms with Crippen molar-refractivity contribution >= 4 is 29.8 Å². The Morgan fingerprint density at radius 3 is 2.24 bits per heavy atom. The molecule has 0 bridgehead atoms. The quantitative estimate of drug-likeness (QED) is 0.232. The molecule has 1 aromatic heterocycles. The van der Waals surface area contributed by atoms with E-state index in [0.717, 1.165) is 5.56 Å². The van der Waals surface area contributed by atoms with Crippen LogP contribution in [0.1, 0.15) is 49.3 Å². The van der Waals surface area contributed by atoms with Crippen molar-refractivity contribution in [3.05, 3.63) is 89.7 Å². The highest BCUT2D eigenvalue weighted by Gasteiger charge is 2.43. The zero-order chi connectivity index (χ0) is 35.7. The first-order chi connectivity index (χ1) is 23.4. The molecule has 2 heterocycles. The van der Waals surface area contributed by atoms with Gasteiger partial charge in [0.1, 0.15) is 18.6 Å². The van der Waals surface area contributed by atoms with Gasteiger partial charge < -0.3 is 33.7 Å². The molecule has 1 fully saturated rings. The molecule has 1 aliphatic rings. The Hall–Kier alpha value is -5.30. The van der Waals surface area contributed by atoms with Crippen LogP contribution in [0.3, 0.4) is 0 Å². The number of nitrogens with zero attached hydrogens (tertiary/aromatic N) is 1. The van der Waals surface area contributed by atoms with Gasteiger partial charge in [0.2, 0.25) is 5.75 Å². The number of methoxy groups -OCH3 is 2. The molecule has 13 nitrogen and oxygen atoms in total. The fraction of sp³-hybridized carbons (Fsp3) is 0.389. The van der Waals surface area contributed by atoms with E-state index in [9.17, 15) is 24.0 Å². The van der Waals surface area contributed by atoms with Gasteiger partial charge in [-0.2, -0.15) is 0 Å². The Labute approximate surface area is 284 Å². The van der Waals surface area contributed by atoms with Crippen LogP contribution in [0.5, 0.6) is 11.5 Å². The van der Waals surface area contributed by atoms with Crippen molar-refractivity contribution in [1.29, 1.82) is 0 Å². The molecule has 0 aliphatic carbocycles. The minimum absolute atomic E-state index is 0.00401. The molecule has 49 heavy (non-hydrogen) atoms. The van der Waals surface area contributed by atoms with E-state index in [4.69, 9.17) is 28.4 Å². The lowest BCUT2D eigenvalue weighted by Crippen LogP contribution is -2.47. The van der Waals surface area contributed by atoms with Gasteiger partial charge in [-0.25, -0.2) is 14.6 Å². The standard InChI is InChI=1S/C36H40N2O11/c1-21(2)32(40)48-29-22(3)47-34(42)26(20-46-33(41)25(29)19-23-13-9-7-10-14-23)38-31(39)28-30(27(44-5)17-18-37-28)49-35(43)36(4,45-6)24-15-11-8-12-16-24/h7-18,21-22,25-26,29H,19-20H2,1-6H3,(H,38,39). The van der Waals surface area contributed by atoms with Gasteiger partial charge in [-0.15, -0.1) is 0 Å². The smallest absolute Gasteiger partial charge is 0.348 e. The monoisotopic (exact) mass is 676 g/mol. The van der Waals surface area contributed by atoms with E-state index >= 15 is 0 Å². The average molecular weight is 677 g/mol. The number of pyridine rings is 1. The van der Waals surface area contributed by atoms with Gasteiger partial charge in [-0.05, 0) is 31.4 Å². The third-order valence-corrected chi connectivity index (χ3v) is 8.09. The van der Waals surface area contributed by atoms with E-state index in [1.807, 2.05) is 18.2 Å². The first-order valence-electron chi connectivity index (χ1n) is 15.7. The number of rotatable bonds is 11. The Kier molecular flexibility index (Phi) is 12.1. The second-order valence-corrected chi connectivity index (χ2v) is 11.8. The van der Waals surface area contributed by atoms with E-state index in [2.05, 4.69) is 10.3 Å². The second kappa shape index (κ2) is 16.2. The average Bonchev–Trinajstić information content (AvgIpc) is 3.14. The summed E-state index contributed by atoms with van der Waals surface area (Å²) in [5, 5.41) is 2.47. The summed E-state index contributed by atoms with van der Waals surface area (Å²) in [5.74, 6) is -6.05. The molecule has 260 valence electrons. The number of nitrogens with one attached hydrogen (secondary N) is 1. The summed E-state index contributed by atoms with van der Waals surface area (Å²) in [4.78, 5) is 71.0. The van der Waals surface area contributed by atoms with Crippen LogP contribution in [0, 0.1) is 11.8 Å². The topological polar surface area (TPSA) is 166 Å². The van der Waals surface area contributed by atoms with Crippen LogP contribution in [-0.4, -0.2) is 73.8 Å². The molecule has 13 heteroatoms. The maximum Gasteiger partial charge on any atom is 0.348 e. The summed E-state index contributed by atoms with van der Waals surface area (Å²) < 4.78 is 33.5. The van der Waals surface area contributed by atoms with E-state index in [-0.39, 0.29) is 17.9 Å². The predicted molar refractivity (Wildman–Crippen MR) is 173 cm³/mol. The number of esters is 4. The molecule has 0 spiro atoms. The molecular formula is C36H40N2O11. The largest absolute Gasteiger partial charge is 0.493 e. The summed E-state index contributed by atoms with van der Waals surface area (Å²) in [6, 6.07) is 17.5. The van der Waals surface area contributed by atoms with Crippen molar-refractivity contribution in [1.82, 2.24) is 10.3 Å². The van der Waals surface area contributed by atoms with Crippen LogP contribution in [0.15, 0.2) is 72.9 Å². The van der Waals surface area contributed by atoms with Crippen LogP contribution in [0.4, 0.5) is 0 Å². The number of amides is 1. The summed E-state index contributed by atoms with van der Waals surface area (Å²) in [6.07, 6.45) is -0.916. The lowest BCUT2D eigenvalue weighted by Gasteiger charge is -2.29. The maximum atomic E-state index is 13.7. The number of carbonyl (C=O) groups is 5. The third kappa shape index (κ3) is 8.60. The van der Waals surface area contributed by atoms with Crippen molar-refractivity contribution in [3.63, 3.8) is 0 Å². The first kappa shape index (κ1) is 36.5. The third-order valence-electron chi connectivity index (χ3n) is 8.09. The fourth-order valence-electron chi connectivity index (χ4n) is 5.09. The van der Waals surface area contributed by atoms with Crippen molar-refractivity contribution in [2.24, 2.45) is 11.8 Å². The molecule has 3 aromatic rings. The Balaban J connectivity index is 1.61. The van der Waals surface area contributed by atoms with E-state index in [0.29, 0.717) is 5.56 Å². The molecule has 1 N–H and O–H groups in total. The molecule has 0 radical (unpaired) electrons. The number of benzene rings is 2. The molecule has 2 aromatic carbocycles. The maximum absolute atomic E-state index is 13.7. The van der Waals surface area contributed by atoms with Gasteiger partial charge in [0.05, 0.1) is 13.0 Å². The minimum atomic E-state index is -1.58. The summed E-state index contributed by atoms with van der Waals surface area (Å²) in [7, 11) is 2.65. The fourth-order valence-corrected chi connectivity index (χ4v) is 5.09. The van der Waals surface area contributed by atoms with E-state index in [1.165, 1.54) is 40.3 Å². The van der Waals surface area contributed by atoms with Gasteiger partial charge >= 0.3 is 23.9 Å². The molecule has 5 unspecified atom stereocenters. The summed E-state index contributed by atoms with van der Waals surface area (Å²) in [5.41, 5.74) is -0.727. The lowest BCUT2D eigenvalue weighted by atomic mass is 9.91. The van der Waals surface area contributed by atoms with Crippen LogP contribution >= 0.6 is 0 Å². The van der Waals surface area contributed by atoms with Crippen LogP contribution in [0.2, 0.25) is 0 Å². The molecule has 1 saturated heterocycles. The molecule has 4 rings (SSSR count). The van der Waals surface area contributed by atoms with Crippen LogP contribution in [-0.2, 0) is 50.1 Å². The summed E-state index contributed by atoms with van der Waals surface area (Å²) >= 11 is 0. The number of aromatic nitrogens is 1. The number of hydrogen-bond donors (Lipinski definition) is 1. The highest BCUT2D eigenvalue weighted by molar-refractivity contribution is 5.99. The lowest BCUT2D eigenvalue weighted by molar-refractivity contribution is -0.176. The van der Waals surface area contributed by atoms with Crippen LogP contribution < -0.4 is 14.8 Å². The SMILES string of the molecule is COc1ccnc(C(=O)NC2COC(=O)C(Cc3ccccc3)C(OC(=O)C(C)C)C(C)OC2=O)c1OC(=O)C(C)(OC)c1ccccc1.